The van der Waals surface area contributed by atoms with Gasteiger partial charge < -0.3 is 4.74 Å². The summed E-state index contributed by atoms with van der Waals surface area (Å²) in [5.74, 6) is 4.28. The number of allylic oxidation sites excluding steroid dienone is 2. The molecule has 0 aromatic heterocycles. The highest BCUT2D eigenvalue weighted by Gasteiger charge is 2.59. The standard InChI is InChI=1S/C26H40O3/c1-17(6-5-7-24(28)29-4)21-10-11-22-20-9-8-18-16-19(27)12-14-25(18,2)23(20)13-15-26(21,22)3/h8,17,20-23H,5-7,9-16H2,1-4H3/t17-,20+,21-,22+,23+,25+,26-/m1/s1. The molecule has 3 fully saturated rings. The molecule has 7 atom stereocenters. The molecule has 3 nitrogen and oxygen atoms in total. The Kier molecular flexibility index (Phi) is 5.72. The molecule has 0 amide bonds. The number of ketones is 1. The van der Waals surface area contributed by atoms with E-state index in [-0.39, 0.29) is 11.4 Å². The number of esters is 1. The molecule has 4 aliphatic carbocycles. The van der Waals surface area contributed by atoms with Crippen LogP contribution in [0.25, 0.3) is 0 Å². The van der Waals surface area contributed by atoms with Crippen molar-refractivity contribution in [2.75, 3.05) is 7.11 Å². The first-order valence-electron chi connectivity index (χ1n) is 12.1. The Balaban J connectivity index is 1.47. The topological polar surface area (TPSA) is 43.4 Å². The van der Waals surface area contributed by atoms with Crippen molar-refractivity contribution in [3.63, 3.8) is 0 Å². The first-order valence-corrected chi connectivity index (χ1v) is 12.1. The van der Waals surface area contributed by atoms with Crippen LogP contribution in [0, 0.1) is 40.4 Å². The van der Waals surface area contributed by atoms with Gasteiger partial charge in [-0.15, -0.1) is 0 Å². The summed E-state index contributed by atoms with van der Waals surface area (Å²) < 4.78 is 4.82. The zero-order valence-corrected chi connectivity index (χ0v) is 19.0. The van der Waals surface area contributed by atoms with Crippen molar-refractivity contribution in [2.45, 2.75) is 91.4 Å². The van der Waals surface area contributed by atoms with Gasteiger partial charge in [0.2, 0.25) is 0 Å². The van der Waals surface area contributed by atoms with Crippen molar-refractivity contribution in [2.24, 2.45) is 40.4 Å². The van der Waals surface area contributed by atoms with Crippen LogP contribution in [0.1, 0.15) is 91.4 Å². The summed E-state index contributed by atoms with van der Waals surface area (Å²) in [5, 5.41) is 0. The molecule has 162 valence electrons. The highest BCUT2D eigenvalue weighted by Crippen LogP contribution is 2.67. The van der Waals surface area contributed by atoms with Gasteiger partial charge in [-0.2, -0.15) is 0 Å². The summed E-state index contributed by atoms with van der Waals surface area (Å²) in [5.41, 5.74) is 2.21. The van der Waals surface area contributed by atoms with Gasteiger partial charge in [-0.05, 0) is 91.8 Å². The highest BCUT2D eigenvalue weighted by atomic mass is 16.5. The van der Waals surface area contributed by atoms with E-state index in [4.69, 9.17) is 4.74 Å². The molecule has 0 unspecified atom stereocenters. The van der Waals surface area contributed by atoms with E-state index >= 15 is 0 Å². The normalized spacial score (nSPS) is 42.3. The van der Waals surface area contributed by atoms with Crippen molar-refractivity contribution in [1.82, 2.24) is 0 Å². The minimum Gasteiger partial charge on any atom is -0.469 e. The van der Waals surface area contributed by atoms with E-state index in [1.165, 1.54) is 44.8 Å². The third-order valence-corrected chi connectivity index (χ3v) is 9.96. The predicted molar refractivity (Wildman–Crippen MR) is 115 cm³/mol. The molecule has 4 aliphatic rings. The number of hydrogen-bond acceptors (Lipinski definition) is 3. The maximum absolute atomic E-state index is 12.0. The zero-order valence-electron chi connectivity index (χ0n) is 19.0. The molecule has 29 heavy (non-hydrogen) atoms. The molecule has 3 saturated carbocycles. The van der Waals surface area contributed by atoms with Gasteiger partial charge in [-0.25, -0.2) is 0 Å². The average molecular weight is 401 g/mol. The number of Topliss-reactive ketones (excluding diaryl/α,β-unsaturated/α-hetero) is 1. The third-order valence-electron chi connectivity index (χ3n) is 9.96. The minimum absolute atomic E-state index is 0.0720. The Labute approximate surface area is 177 Å². The molecule has 0 aromatic carbocycles. The predicted octanol–water partition coefficient (Wildman–Crippen LogP) is 6.11. The molecule has 0 radical (unpaired) electrons. The van der Waals surface area contributed by atoms with Gasteiger partial charge in [0.15, 0.2) is 0 Å². The SMILES string of the molecule is COC(=O)CCC[C@@H](C)[C@H]1CC[C@H]2[C@@H]3CC=C4CC(=O)CC[C@]4(C)[C@H]3CC[C@]12C. The molecular formula is C26H40O3. The smallest absolute Gasteiger partial charge is 0.305 e. The van der Waals surface area contributed by atoms with Crippen LogP contribution >= 0.6 is 0 Å². The lowest BCUT2D eigenvalue weighted by Crippen LogP contribution is -2.50. The molecule has 0 aromatic rings. The second kappa shape index (κ2) is 7.85. The monoisotopic (exact) mass is 400 g/mol. The quantitative estimate of drug-likeness (QED) is 0.413. The van der Waals surface area contributed by atoms with Gasteiger partial charge in [0.25, 0.3) is 0 Å². The Hall–Kier alpha value is -1.12. The van der Waals surface area contributed by atoms with E-state index in [1.807, 2.05) is 0 Å². The van der Waals surface area contributed by atoms with Crippen LogP contribution in [-0.4, -0.2) is 18.9 Å². The Bertz CT molecular complexity index is 694. The summed E-state index contributed by atoms with van der Waals surface area (Å²) in [6, 6.07) is 0. The molecule has 0 saturated heterocycles. The highest BCUT2D eigenvalue weighted by molar-refractivity contribution is 5.82. The number of hydrogen-bond donors (Lipinski definition) is 0. The Morgan fingerprint density at radius 3 is 2.76 bits per heavy atom. The number of methoxy groups -OCH3 is 1. The maximum Gasteiger partial charge on any atom is 0.305 e. The van der Waals surface area contributed by atoms with E-state index in [0.717, 1.165) is 55.8 Å². The van der Waals surface area contributed by atoms with Crippen LogP contribution in [0.2, 0.25) is 0 Å². The number of carbonyl (C=O) groups is 2. The fraction of sp³-hybridized carbons (Fsp3) is 0.846. The van der Waals surface area contributed by atoms with E-state index in [2.05, 4.69) is 26.8 Å². The number of ether oxygens (including phenoxy) is 1. The van der Waals surface area contributed by atoms with Gasteiger partial charge in [0.05, 0.1) is 7.11 Å². The van der Waals surface area contributed by atoms with Gasteiger partial charge in [-0.3, -0.25) is 9.59 Å². The summed E-state index contributed by atoms with van der Waals surface area (Å²) in [6.07, 6.45) is 14.3. The second-order valence-corrected chi connectivity index (χ2v) is 11.1. The molecule has 3 heteroatoms. The second-order valence-electron chi connectivity index (χ2n) is 11.1. The first-order chi connectivity index (χ1) is 13.8. The molecule has 0 aliphatic heterocycles. The summed E-state index contributed by atoms with van der Waals surface area (Å²) in [4.78, 5) is 23.5. The summed E-state index contributed by atoms with van der Waals surface area (Å²) >= 11 is 0. The summed E-state index contributed by atoms with van der Waals surface area (Å²) in [7, 11) is 1.49. The largest absolute Gasteiger partial charge is 0.469 e. The molecule has 0 heterocycles. The van der Waals surface area contributed by atoms with Gasteiger partial charge >= 0.3 is 5.97 Å². The van der Waals surface area contributed by atoms with Gasteiger partial charge in [-0.1, -0.05) is 32.4 Å². The van der Waals surface area contributed by atoms with Crippen molar-refractivity contribution in [3.05, 3.63) is 11.6 Å². The number of fused-ring (bicyclic) bond motifs is 5. The maximum atomic E-state index is 12.0. The van der Waals surface area contributed by atoms with E-state index < -0.39 is 0 Å². The van der Waals surface area contributed by atoms with Crippen molar-refractivity contribution in [3.8, 4) is 0 Å². The van der Waals surface area contributed by atoms with Crippen molar-refractivity contribution < 1.29 is 14.3 Å². The van der Waals surface area contributed by atoms with Crippen molar-refractivity contribution >= 4 is 11.8 Å². The van der Waals surface area contributed by atoms with Crippen molar-refractivity contribution in [1.29, 1.82) is 0 Å². The third kappa shape index (κ3) is 3.51. The minimum atomic E-state index is -0.0720. The van der Waals surface area contributed by atoms with Crippen LogP contribution < -0.4 is 0 Å². The summed E-state index contributed by atoms with van der Waals surface area (Å²) in [6.45, 7) is 7.50. The lowest BCUT2D eigenvalue weighted by atomic mass is 9.47. The van der Waals surface area contributed by atoms with Crippen LogP contribution in [0.5, 0.6) is 0 Å². The molecule has 4 rings (SSSR count). The fourth-order valence-electron chi connectivity index (χ4n) is 8.32. The first kappa shape index (κ1) is 21.1. The van der Waals surface area contributed by atoms with Gasteiger partial charge in [0, 0.05) is 19.3 Å². The van der Waals surface area contributed by atoms with E-state index in [9.17, 15) is 9.59 Å². The lowest BCUT2D eigenvalue weighted by Gasteiger charge is -2.58. The lowest BCUT2D eigenvalue weighted by molar-refractivity contribution is -0.140. The van der Waals surface area contributed by atoms with E-state index in [1.54, 1.807) is 0 Å². The van der Waals surface area contributed by atoms with Crippen LogP contribution in [0.15, 0.2) is 11.6 Å². The molecular weight excluding hydrogens is 360 g/mol. The van der Waals surface area contributed by atoms with Crippen LogP contribution in [0.3, 0.4) is 0 Å². The van der Waals surface area contributed by atoms with Crippen LogP contribution in [0.4, 0.5) is 0 Å². The molecule has 0 spiro atoms. The Morgan fingerprint density at radius 2 is 2.00 bits per heavy atom. The fourth-order valence-corrected chi connectivity index (χ4v) is 8.32. The van der Waals surface area contributed by atoms with Gasteiger partial charge in [0.1, 0.15) is 5.78 Å². The van der Waals surface area contributed by atoms with Crippen LogP contribution in [-0.2, 0) is 14.3 Å². The number of rotatable bonds is 5. The zero-order chi connectivity index (χ0) is 20.8. The Morgan fingerprint density at radius 1 is 1.21 bits per heavy atom. The number of carbonyl (C=O) groups excluding carboxylic acids is 2. The average Bonchev–Trinajstić information content (AvgIpc) is 3.05. The molecule has 0 N–H and O–H groups in total. The van der Waals surface area contributed by atoms with E-state index in [0.29, 0.717) is 23.5 Å². The molecule has 0 bridgehead atoms.